The highest BCUT2D eigenvalue weighted by Crippen LogP contribution is 2.42. The number of piperidine rings is 1. The summed E-state index contributed by atoms with van der Waals surface area (Å²) in [5, 5.41) is 3.81. The van der Waals surface area contributed by atoms with Gasteiger partial charge in [-0.05, 0) is 31.9 Å². The lowest BCUT2D eigenvalue weighted by Gasteiger charge is -2.44. The molecule has 1 aromatic rings. The molecule has 0 aromatic heterocycles. The summed E-state index contributed by atoms with van der Waals surface area (Å²) in [4.78, 5) is 19.3. The molecule has 2 unspecified atom stereocenters. The molecular formula is C23H36N4O2. The first kappa shape index (κ1) is 20.6. The van der Waals surface area contributed by atoms with Gasteiger partial charge in [0.05, 0.1) is 6.61 Å². The maximum absolute atomic E-state index is 12.9. The summed E-state index contributed by atoms with van der Waals surface area (Å²) >= 11 is 0. The first-order chi connectivity index (χ1) is 14.1. The summed E-state index contributed by atoms with van der Waals surface area (Å²) < 4.78 is 5.61. The lowest BCUT2D eigenvalue weighted by molar-refractivity contribution is 0.0237. The van der Waals surface area contributed by atoms with Crippen LogP contribution in [0.5, 0.6) is 0 Å². The molecule has 29 heavy (non-hydrogen) atoms. The Bertz CT molecular complexity index is 667. The monoisotopic (exact) mass is 400 g/mol. The predicted molar refractivity (Wildman–Crippen MR) is 115 cm³/mol. The first-order valence-corrected chi connectivity index (χ1v) is 11.1. The number of amides is 2. The average Bonchev–Trinajstić information content (AvgIpc) is 3.54. The summed E-state index contributed by atoms with van der Waals surface area (Å²) in [6.07, 6.45) is 3.24. The van der Waals surface area contributed by atoms with Gasteiger partial charge < -0.3 is 24.8 Å². The third kappa shape index (κ3) is 4.93. The van der Waals surface area contributed by atoms with Crippen molar-refractivity contribution in [2.75, 3.05) is 66.6 Å². The predicted octanol–water partition coefficient (Wildman–Crippen LogP) is 2.23. The van der Waals surface area contributed by atoms with Crippen LogP contribution in [-0.4, -0.2) is 93.4 Å². The Morgan fingerprint density at radius 3 is 2.38 bits per heavy atom. The molecule has 1 N–H and O–H groups in total. The Balaban J connectivity index is 1.27. The highest BCUT2D eigenvalue weighted by Gasteiger charge is 2.42. The second-order valence-corrected chi connectivity index (χ2v) is 9.23. The number of urea groups is 1. The number of carbonyl (C=O) groups excluding carboxylic acids is 1. The number of nitrogens with one attached hydrogen (secondary N) is 1. The van der Waals surface area contributed by atoms with Crippen molar-refractivity contribution < 1.29 is 9.53 Å². The number of hydrogen-bond donors (Lipinski definition) is 1. The second kappa shape index (κ2) is 9.02. The van der Waals surface area contributed by atoms with Gasteiger partial charge in [0.1, 0.15) is 0 Å². The number of likely N-dealkylation sites (tertiary alicyclic amines) is 1. The summed E-state index contributed by atoms with van der Waals surface area (Å²) in [5.41, 5.74) is 1.58. The minimum atomic E-state index is 0.136. The minimum Gasteiger partial charge on any atom is -0.384 e. The minimum absolute atomic E-state index is 0.136. The van der Waals surface area contributed by atoms with Crippen molar-refractivity contribution in [3.8, 4) is 0 Å². The van der Waals surface area contributed by atoms with E-state index < -0.39 is 0 Å². The van der Waals surface area contributed by atoms with Gasteiger partial charge in [0, 0.05) is 70.3 Å². The molecule has 6 heteroatoms. The Labute approximate surface area is 175 Å². The standard InChI is InChI=1S/C23H36N4O2/c1-25-12-14-27(15-13-25)22(28)26-10-8-23(9-11-26,18-29-2)17-24-21-16-20(21)19-6-4-3-5-7-19/h3-7,20-21,24H,8-18H2,1-2H3. The number of nitrogens with zero attached hydrogens (tertiary/aromatic N) is 3. The molecule has 4 rings (SSSR count). The number of carbonyl (C=O) groups is 1. The van der Waals surface area contributed by atoms with Gasteiger partial charge in [-0.25, -0.2) is 4.79 Å². The van der Waals surface area contributed by atoms with Gasteiger partial charge in [-0.1, -0.05) is 30.3 Å². The average molecular weight is 401 g/mol. The SMILES string of the molecule is COCC1(CNC2CC2c2ccccc2)CCN(C(=O)N2CCN(C)CC2)CC1. The highest BCUT2D eigenvalue weighted by molar-refractivity contribution is 5.74. The van der Waals surface area contributed by atoms with Gasteiger partial charge in [0.15, 0.2) is 0 Å². The van der Waals surface area contributed by atoms with E-state index >= 15 is 0 Å². The summed E-state index contributed by atoms with van der Waals surface area (Å²) in [7, 11) is 3.92. The maximum Gasteiger partial charge on any atom is 0.320 e. The normalized spacial score (nSPS) is 27.1. The number of likely N-dealkylation sites (N-methyl/N-ethyl adjacent to an activating group) is 1. The zero-order valence-electron chi connectivity index (χ0n) is 18.0. The van der Waals surface area contributed by atoms with Crippen molar-refractivity contribution in [1.82, 2.24) is 20.0 Å². The van der Waals surface area contributed by atoms with E-state index in [1.54, 1.807) is 7.11 Å². The molecule has 1 aromatic carbocycles. The van der Waals surface area contributed by atoms with E-state index in [1.807, 2.05) is 4.90 Å². The van der Waals surface area contributed by atoms with Crippen LogP contribution >= 0.6 is 0 Å². The fourth-order valence-corrected chi connectivity index (χ4v) is 4.89. The number of rotatable bonds is 6. The smallest absolute Gasteiger partial charge is 0.320 e. The topological polar surface area (TPSA) is 48.1 Å². The molecule has 1 saturated carbocycles. The second-order valence-electron chi connectivity index (χ2n) is 9.23. The zero-order valence-corrected chi connectivity index (χ0v) is 18.0. The van der Waals surface area contributed by atoms with E-state index in [1.165, 1.54) is 12.0 Å². The van der Waals surface area contributed by atoms with Gasteiger partial charge in [0.25, 0.3) is 0 Å². The van der Waals surface area contributed by atoms with Crippen molar-refractivity contribution >= 4 is 6.03 Å². The lowest BCUT2D eigenvalue weighted by atomic mass is 9.79. The van der Waals surface area contributed by atoms with Crippen molar-refractivity contribution in [2.24, 2.45) is 5.41 Å². The van der Waals surface area contributed by atoms with Crippen LogP contribution in [0.2, 0.25) is 0 Å². The van der Waals surface area contributed by atoms with Crippen LogP contribution in [-0.2, 0) is 4.74 Å². The largest absolute Gasteiger partial charge is 0.384 e. The Morgan fingerprint density at radius 1 is 1.07 bits per heavy atom. The summed E-state index contributed by atoms with van der Waals surface area (Å²) in [5.74, 6) is 0.648. The van der Waals surface area contributed by atoms with Crippen molar-refractivity contribution in [1.29, 1.82) is 0 Å². The van der Waals surface area contributed by atoms with Crippen LogP contribution in [0, 0.1) is 5.41 Å². The number of benzene rings is 1. The highest BCUT2D eigenvalue weighted by atomic mass is 16.5. The fourth-order valence-electron chi connectivity index (χ4n) is 4.89. The summed E-state index contributed by atoms with van der Waals surface area (Å²) in [6.45, 7) is 7.05. The molecule has 1 aliphatic carbocycles. The first-order valence-electron chi connectivity index (χ1n) is 11.1. The van der Waals surface area contributed by atoms with E-state index in [0.717, 1.165) is 65.3 Å². The molecule has 2 saturated heterocycles. The number of hydrogen-bond acceptors (Lipinski definition) is 4. The van der Waals surface area contributed by atoms with Crippen molar-refractivity contribution in [2.45, 2.75) is 31.2 Å². The van der Waals surface area contributed by atoms with Gasteiger partial charge in [0.2, 0.25) is 0 Å². The van der Waals surface area contributed by atoms with Crippen LogP contribution in [0.4, 0.5) is 4.79 Å². The third-order valence-corrected chi connectivity index (χ3v) is 7.08. The molecule has 2 aliphatic heterocycles. The van der Waals surface area contributed by atoms with E-state index in [9.17, 15) is 4.79 Å². The lowest BCUT2D eigenvalue weighted by Crippen LogP contribution is -2.55. The van der Waals surface area contributed by atoms with E-state index in [4.69, 9.17) is 4.74 Å². The molecule has 2 heterocycles. The Kier molecular flexibility index (Phi) is 6.42. The number of piperazine rings is 1. The van der Waals surface area contributed by atoms with E-state index in [-0.39, 0.29) is 11.4 Å². The number of ether oxygens (including phenoxy) is 1. The molecule has 6 nitrogen and oxygen atoms in total. The molecule has 3 fully saturated rings. The molecule has 160 valence electrons. The van der Waals surface area contributed by atoms with E-state index in [0.29, 0.717) is 12.0 Å². The number of methoxy groups -OCH3 is 1. The molecule has 0 bridgehead atoms. The van der Waals surface area contributed by atoms with Crippen LogP contribution < -0.4 is 5.32 Å². The maximum atomic E-state index is 12.9. The zero-order chi connectivity index (χ0) is 20.3. The van der Waals surface area contributed by atoms with Gasteiger partial charge in [-0.3, -0.25) is 0 Å². The Hall–Kier alpha value is -1.63. The summed E-state index contributed by atoms with van der Waals surface area (Å²) in [6, 6.07) is 11.6. The van der Waals surface area contributed by atoms with Gasteiger partial charge in [-0.2, -0.15) is 0 Å². The molecular weight excluding hydrogens is 364 g/mol. The third-order valence-electron chi connectivity index (χ3n) is 7.08. The molecule has 2 atom stereocenters. The van der Waals surface area contributed by atoms with Crippen LogP contribution in [0.1, 0.15) is 30.7 Å². The van der Waals surface area contributed by atoms with Gasteiger partial charge in [-0.15, -0.1) is 0 Å². The van der Waals surface area contributed by atoms with E-state index in [2.05, 4.69) is 52.5 Å². The Morgan fingerprint density at radius 2 is 1.72 bits per heavy atom. The van der Waals surface area contributed by atoms with Crippen LogP contribution in [0.25, 0.3) is 0 Å². The van der Waals surface area contributed by atoms with Gasteiger partial charge >= 0.3 is 6.03 Å². The van der Waals surface area contributed by atoms with Crippen molar-refractivity contribution in [3.63, 3.8) is 0 Å². The van der Waals surface area contributed by atoms with Crippen molar-refractivity contribution in [3.05, 3.63) is 35.9 Å². The molecule has 2 amide bonds. The molecule has 3 aliphatic rings. The quantitative estimate of drug-likeness (QED) is 0.796. The molecule has 0 radical (unpaired) electrons. The molecule has 0 spiro atoms. The van der Waals surface area contributed by atoms with Crippen LogP contribution in [0.15, 0.2) is 30.3 Å². The van der Waals surface area contributed by atoms with Crippen LogP contribution in [0.3, 0.4) is 0 Å². The fraction of sp³-hybridized carbons (Fsp3) is 0.696.